The molecule has 1 spiro atoms. The zero-order valence-corrected chi connectivity index (χ0v) is 15.9. The second kappa shape index (κ2) is 6.46. The Morgan fingerprint density at radius 1 is 1.04 bits per heavy atom. The second-order valence-electron chi connectivity index (χ2n) is 8.76. The standard InChI is InChI=1S/C23H25F2N2O/c24-18-5-3-17(4-6-18)22(28)27(14-16-1-2-16)15-23(9-11-26-12-10-23)20-13-19(25)7-8-21(20)27/h3-8,13,16,26H,1-2,9-12,14-15H2/q+1. The van der Waals surface area contributed by atoms with Gasteiger partial charge in [-0.05, 0) is 75.2 Å². The van der Waals surface area contributed by atoms with Gasteiger partial charge in [-0.2, -0.15) is 0 Å². The lowest BCUT2D eigenvalue weighted by Gasteiger charge is -2.37. The third-order valence-electron chi connectivity index (χ3n) is 6.87. The summed E-state index contributed by atoms with van der Waals surface area (Å²) in [7, 11) is 0. The summed E-state index contributed by atoms with van der Waals surface area (Å²) in [6.45, 7) is 3.19. The van der Waals surface area contributed by atoms with E-state index in [1.54, 1.807) is 18.2 Å². The Bertz CT molecular complexity index is 917. The topological polar surface area (TPSA) is 29.1 Å². The number of hydrogen-bond donors (Lipinski definition) is 1. The number of benzene rings is 2. The number of fused-ring (bicyclic) bond motifs is 2. The molecule has 1 N–H and O–H groups in total. The van der Waals surface area contributed by atoms with Crippen LogP contribution in [0.3, 0.4) is 0 Å². The number of carbonyl (C=O) groups excluding carboxylic acids is 1. The lowest BCUT2D eigenvalue weighted by Crippen LogP contribution is -2.58. The first kappa shape index (κ1) is 18.0. The first-order chi connectivity index (χ1) is 13.5. The Labute approximate surface area is 163 Å². The van der Waals surface area contributed by atoms with Crippen molar-refractivity contribution in [3.8, 4) is 0 Å². The van der Waals surface area contributed by atoms with Crippen LogP contribution in [0.4, 0.5) is 14.5 Å². The maximum absolute atomic E-state index is 14.2. The highest BCUT2D eigenvalue weighted by atomic mass is 19.1. The van der Waals surface area contributed by atoms with E-state index in [0.717, 1.165) is 56.6 Å². The Morgan fingerprint density at radius 2 is 1.71 bits per heavy atom. The summed E-state index contributed by atoms with van der Waals surface area (Å²) in [6, 6.07) is 10.8. The van der Waals surface area contributed by atoms with E-state index in [1.807, 2.05) is 6.07 Å². The number of nitrogens with one attached hydrogen (secondary N) is 1. The molecule has 28 heavy (non-hydrogen) atoms. The van der Waals surface area contributed by atoms with Gasteiger partial charge in [-0.3, -0.25) is 0 Å². The van der Waals surface area contributed by atoms with Gasteiger partial charge >= 0.3 is 5.91 Å². The largest absolute Gasteiger partial charge is 0.350 e. The van der Waals surface area contributed by atoms with Gasteiger partial charge in [0.15, 0.2) is 0 Å². The summed E-state index contributed by atoms with van der Waals surface area (Å²) in [6.07, 6.45) is 4.10. The quantitative estimate of drug-likeness (QED) is 0.807. The van der Waals surface area contributed by atoms with Gasteiger partial charge in [-0.15, -0.1) is 0 Å². The first-order valence-electron chi connectivity index (χ1n) is 10.2. The summed E-state index contributed by atoms with van der Waals surface area (Å²) >= 11 is 0. The molecule has 1 saturated carbocycles. The minimum Gasteiger partial charge on any atom is -0.317 e. The molecule has 0 bridgehead atoms. The van der Waals surface area contributed by atoms with Gasteiger partial charge < -0.3 is 5.32 Å². The van der Waals surface area contributed by atoms with Crippen LogP contribution in [0.5, 0.6) is 0 Å². The molecule has 1 saturated heterocycles. The van der Waals surface area contributed by atoms with E-state index >= 15 is 0 Å². The SMILES string of the molecule is O=C(c1ccc(F)cc1)[N+]1(CC2CC2)CC2(CCNCC2)c2cc(F)ccc21. The van der Waals surface area contributed by atoms with Crippen LogP contribution in [0.1, 0.15) is 41.6 Å². The number of rotatable bonds is 3. The molecule has 3 nitrogen and oxygen atoms in total. The number of piperidine rings is 1. The summed E-state index contributed by atoms with van der Waals surface area (Å²) in [5.74, 6) is -0.0457. The molecule has 2 heterocycles. The van der Waals surface area contributed by atoms with Crippen LogP contribution >= 0.6 is 0 Å². The Morgan fingerprint density at radius 3 is 2.39 bits per heavy atom. The highest BCUT2D eigenvalue weighted by Gasteiger charge is 2.58. The number of quaternary nitrogens is 1. The molecule has 1 atom stereocenters. The predicted octanol–water partition coefficient (Wildman–Crippen LogP) is 4.16. The van der Waals surface area contributed by atoms with Gasteiger partial charge in [0.2, 0.25) is 0 Å². The summed E-state index contributed by atoms with van der Waals surface area (Å²) in [5.41, 5.74) is 2.31. The molecule has 5 rings (SSSR count). The van der Waals surface area contributed by atoms with Crippen molar-refractivity contribution in [1.82, 2.24) is 9.80 Å². The average Bonchev–Trinajstić information content (AvgIpc) is 3.48. The van der Waals surface area contributed by atoms with E-state index < -0.39 is 0 Å². The lowest BCUT2D eigenvalue weighted by atomic mass is 9.74. The van der Waals surface area contributed by atoms with Crippen molar-refractivity contribution in [2.24, 2.45) is 5.92 Å². The fourth-order valence-electron chi connectivity index (χ4n) is 5.33. The number of amides is 1. The van der Waals surface area contributed by atoms with E-state index in [0.29, 0.717) is 18.0 Å². The zero-order valence-electron chi connectivity index (χ0n) is 15.9. The minimum atomic E-state index is -0.344. The smallest absolute Gasteiger partial charge is 0.317 e. The van der Waals surface area contributed by atoms with Crippen LogP contribution in [0.25, 0.3) is 0 Å². The monoisotopic (exact) mass is 383 g/mol. The van der Waals surface area contributed by atoms with Crippen LogP contribution in [-0.2, 0) is 5.41 Å². The third-order valence-corrected chi connectivity index (χ3v) is 6.87. The summed E-state index contributed by atoms with van der Waals surface area (Å²) in [5, 5.41) is 3.40. The van der Waals surface area contributed by atoms with Crippen LogP contribution in [0.15, 0.2) is 42.5 Å². The van der Waals surface area contributed by atoms with Crippen molar-refractivity contribution >= 4 is 11.6 Å². The molecule has 2 aromatic carbocycles. The van der Waals surface area contributed by atoms with Crippen LogP contribution < -0.4 is 9.80 Å². The maximum atomic E-state index is 14.2. The molecular formula is C23H25F2N2O+. The van der Waals surface area contributed by atoms with Crippen molar-refractivity contribution in [2.45, 2.75) is 31.1 Å². The minimum absolute atomic E-state index is 0.00941. The normalized spacial score (nSPS) is 25.6. The highest BCUT2D eigenvalue weighted by molar-refractivity contribution is 6.04. The molecule has 1 aliphatic carbocycles. The molecular weight excluding hydrogens is 358 g/mol. The van der Waals surface area contributed by atoms with Crippen molar-refractivity contribution < 1.29 is 13.6 Å². The van der Waals surface area contributed by atoms with Crippen LogP contribution in [-0.4, -0.2) is 32.1 Å². The molecule has 5 heteroatoms. The van der Waals surface area contributed by atoms with E-state index in [1.165, 1.54) is 18.2 Å². The fourth-order valence-corrected chi connectivity index (χ4v) is 5.33. The average molecular weight is 383 g/mol. The molecule has 2 fully saturated rings. The molecule has 146 valence electrons. The van der Waals surface area contributed by atoms with E-state index in [-0.39, 0.29) is 27.4 Å². The second-order valence-corrected chi connectivity index (χ2v) is 8.76. The lowest BCUT2D eigenvalue weighted by molar-refractivity contribution is 0.0732. The van der Waals surface area contributed by atoms with E-state index in [4.69, 9.17) is 0 Å². The first-order valence-corrected chi connectivity index (χ1v) is 10.2. The molecule has 3 aliphatic rings. The molecule has 2 aromatic rings. The Hall–Kier alpha value is -2.11. The molecule has 0 aromatic heterocycles. The van der Waals surface area contributed by atoms with Crippen molar-refractivity contribution in [1.29, 1.82) is 0 Å². The molecule has 1 unspecified atom stereocenters. The summed E-state index contributed by atoms with van der Waals surface area (Å²) < 4.78 is 27.9. The van der Waals surface area contributed by atoms with Gasteiger partial charge in [0.05, 0.1) is 17.5 Å². The van der Waals surface area contributed by atoms with Gasteiger partial charge in [-0.25, -0.2) is 18.1 Å². The molecule has 2 aliphatic heterocycles. The van der Waals surface area contributed by atoms with E-state index in [9.17, 15) is 13.6 Å². The number of nitrogens with zero attached hydrogens (tertiary/aromatic N) is 1. The predicted molar refractivity (Wildman–Crippen MR) is 105 cm³/mol. The molecule has 1 amide bonds. The van der Waals surface area contributed by atoms with Crippen molar-refractivity contribution in [3.05, 3.63) is 65.2 Å². The Kier molecular flexibility index (Phi) is 4.14. The van der Waals surface area contributed by atoms with Gasteiger partial charge in [-0.1, -0.05) is 0 Å². The number of carbonyl (C=O) groups is 1. The van der Waals surface area contributed by atoms with Crippen molar-refractivity contribution in [3.63, 3.8) is 0 Å². The summed E-state index contributed by atoms with van der Waals surface area (Å²) in [4.78, 5) is 13.9. The van der Waals surface area contributed by atoms with Gasteiger partial charge in [0, 0.05) is 17.5 Å². The Balaban J connectivity index is 1.67. The van der Waals surface area contributed by atoms with Crippen LogP contribution in [0.2, 0.25) is 0 Å². The van der Waals surface area contributed by atoms with Crippen LogP contribution in [0, 0.1) is 17.6 Å². The van der Waals surface area contributed by atoms with Crippen molar-refractivity contribution in [2.75, 3.05) is 26.2 Å². The number of halogens is 2. The zero-order chi connectivity index (χ0) is 19.4. The highest BCUT2D eigenvalue weighted by Crippen LogP contribution is 2.52. The van der Waals surface area contributed by atoms with E-state index in [2.05, 4.69) is 5.32 Å². The third kappa shape index (κ3) is 2.80. The van der Waals surface area contributed by atoms with Gasteiger partial charge in [0.25, 0.3) is 0 Å². The maximum Gasteiger partial charge on any atom is 0.350 e. The van der Waals surface area contributed by atoms with Gasteiger partial charge in [0.1, 0.15) is 23.9 Å². The molecule has 0 radical (unpaired) electrons. The number of hydrogen-bond acceptors (Lipinski definition) is 2. The fraction of sp³-hybridized carbons (Fsp3) is 0.435.